The maximum atomic E-state index is 13.1. The Balaban J connectivity index is 1.29. The van der Waals surface area contributed by atoms with Crippen molar-refractivity contribution in [3.63, 3.8) is 0 Å². The molecule has 5 heteroatoms. The first-order valence-electron chi connectivity index (χ1n) is 11.0. The molecule has 0 spiro atoms. The summed E-state index contributed by atoms with van der Waals surface area (Å²) in [6.45, 7) is 3.12. The molecule has 0 unspecified atom stereocenters. The zero-order chi connectivity index (χ0) is 21.8. The van der Waals surface area contributed by atoms with Gasteiger partial charge in [-0.1, -0.05) is 60.7 Å². The second kappa shape index (κ2) is 9.20. The number of imidazole rings is 1. The monoisotopic (exact) mass is 422 g/mol. The van der Waals surface area contributed by atoms with E-state index >= 15 is 0 Å². The first-order chi connectivity index (χ1) is 15.8. The molecule has 0 saturated carbocycles. The normalized spacial score (nSPS) is 14.6. The first-order valence-corrected chi connectivity index (χ1v) is 11.0. The topological polar surface area (TPSA) is 41.4 Å². The average Bonchev–Trinajstić information content (AvgIpc) is 3.41. The van der Waals surface area contributed by atoms with E-state index in [2.05, 4.69) is 70.5 Å². The maximum absolute atomic E-state index is 13.1. The second-order valence-electron chi connectivity index (χ2n) is 8.07. The minimum Gasteiger partial charge on any atom is -0.336 e. The van der Waals surface area contributed by atoms with Gasteiger partial charge in [0.15, 0.2) is 0 Å². The van der Waals surface area contributed by atoms with Crippen molar-refractivity contribution in [2.45, 2.75) is 6.04 Å². The van der Waals surface area contributed by atoms with Crippen LogP contribution < -0.4 is 0 Å². The predicted molar refractivity (Wildman–Crippen MR) is 126 cm³/mol. The maximum Gasteiger partial charge on any atom is 0.253 e. The number of amides is 1. The van der Waals surface area contributed by atoms with Crippen LogP contribution in [0.1, 0.15) is 27.5 Å². The lowest BCUT2D eigenvalue weighted by molar-refractivity contribution is 0.0597. The highest BCUT2D eigenvalue weighted by Crippen LogP contribution is 2.29. The fourth-order valence-electron chi connectivity index (χ4n) is 4.44. The Labute approximate surface area is 188 Å². The summed E-state index contributed by atoms with van der Waals surface area (Å²) in [6, 6.07) is 29.2. The van der Waals surface area contributed by atoms with Crippen LogP contribution in [-0.4, -0.2) is 51.4 Å². The van der Waals surface area contributed by atoms with Gasteiger partial charge in [0.05, 0.1) is 12.4 Å². The summed E-state index contributed by atoms with van der Waals surface area (Å²) in [5.41, 5.74) is 4.30. The van der Waals surface area contributed by atoms with Gasteiger partial charge in [-0.05, 0) is 35.4 Å². The molecule has 0 N–H and O–H groups in total. The van der Waals surface area contributed by atoms with Gasteiger partial charge in [-0.3, -0.25) is 9.69 Å². The number of piperazine rings is 1. The minimum absolute atomic E-state index is 0.0952. The Morgan fingerprint density at radius 2 is 1.34 bits per heavy atom. The quantitative estimate of drug-likeness (QED) is 0.478. The molecule has 0 aliphatic carbocycles. The number of hydrogen-bond acceptors (Lipinski definition) is 3. The lowest BCUT2D eigenvalue weighted by Gasteiger charge is -2.39. The van der Waals surface area contributed by atoms with Gasteiger partial charge in [0.2, 0.25) is 0 Å². The smallest absolute Gasteiger partial charge is 0.253 e. The molecule has 0 atom stereocenters. The van der Waals surface area contributed by atoms with Crippen molar-refractivity contribution < 1.29 is 4.79 Å². The minimum atomic E-state index is 0.0952. The van der Waals surface area contributed by atoms with Crippen LogP contribution in [0, 0.1) is 0 Å². The first kappa shape index (κ1) is 20.2. The van der Waals surface area contributed by atoms with Crippen molar-refractivity contribution in [1.29, 1.82) is 0 Å². The van der Waals surface area contributed by atoms with Crippen LogP contribution in [0.2, 0.25) is 0 Å². The van der Waals surface area contributed by atoms with E-state index < -0.39 is 0 Å². The van der Waals surface area contributed by atoms with Crippen molar-refractivity contribution in [3.05, 3.63) is 120 Å². The van der Waals surface area contributed by atoms with Crippen LogP contribution in [0.25, 0.3) is 5.69 Å². The third-order valence-electron chi connectivity index (χ3n) is 6.11. The van der Waals surface area contributed by atoms with E-state index in [1.54, 1.807) is 12.5 Å². The highest BCUT2D eigenvalue weighted by atomic mass is 16.2. The summed E-state index contributed by atoms with van der Waals surface area (Å²) >= 11 is 0. The third kappa shape index (κ3) is 4.20. The predicted octanol–water partition coefficient (Wildman–Crippen LogP) is 4.42. The highest BCUT2D eigenvalue weighted by molar-refractivity contribution is 5.94. The number of nitrogens with zero attached hydrogens (tertiary/aromatic N) is 4. The molecule has 3 aromatic carbocycles. The van der Waals surface area contributed by atoms with Crippen LogP contribution in [0.5, 0.6) is 0 Å². The van der Waals surface area contributed by atoms with Crippen LogP contribution in [0.4, 0.5) is 0 Å². The Hall–Kier alpha value is -3.70. The Bertz CT molecular complexity index is 1090. The SMILES string of the molecule is O=C(c1ccc(-n2ccnc2)cc1)N1CCN(C(c2ccccc2)c2ccccc2)CC1. The van der Waals surface area contributed by atoms with Gasteiger partial charge in [0, 0.05) is 49.8 Å². The zero-order valence-electron chi connectivity index (χ0n) is 17.9. The summed E-state index contributed by atoms with van der Waals surface area (Å²) < 4.78 is 1.93. The lowest BCUT2D eigenvalue weighted by Crippen LogP contribution is -2.49. The van der Waals surface area contributed by atoms with Gasteiger partial charge in [0.1, 0.15) is 0 Å². The van der Waals surface area contributed by atoms with Crippen molar-refractivity contribution >= 4 is 5.91 Å². The molecule has 1 aliphatic rings. The number of rotatable bonds is 5. The number of carbonyl (C=O) groups excluding carboxylic acids is 1. The number of aromatic nitrogens is 2. The molecule has 0 radical (unpaired) electrons. The lowest BCUT2D eigenvalue weighted by atomic mass is 9.96. The standard InChI is InChI=1S/C27H26N4O/c32-27(24-11-13-25(14-12-24)31-16-15-28-21-31)30-19-17-29(18-20-30)26(22-7-3-1-4-8-22)23-9-5-2-6-10-23/h1-16,21,26H,17-20H2. The molecule has 1 aromatic heterocycles. The van der Waals surface area contributed by atoms with E-state index in [1.165, 1.54) is 11.1 Å². The zero-order valence-corrected chi connectivity index (χ0v) is 17.9. The van der Waals surface area contributed by atoms with Gasteiger partial charge in [-0.25, -0.2) is 4.98 Å². The summed E-state index contributed by atoms with van der Waals surface area (Å²) in [5, 5.41) is 0. The summed E-state index contributed by atoms with van der Waals surface area (Å²) in [7, 11) is 0. The van der Waals surface area contributed by atoms with E-state index in [4.69, 9.17) is 0 Å². The van der Waals surface area contributed by atoms with E-state index in [1.807, 2.05) is 39.9 Å². The van der Waals surface area contributed by atoms with Crippen molar-refractivity contribution in [2.24, 2.45) is 0 Å². The molecule has 1 aliphatic heterocycles. The Morgan fingerprint density at radius 1 is 0.750 bits per heavy atom. The fraction of sp³-hybridized carbons (Fsp3) is 0.185. The molecule has 4 aromatic rings. The van der Waals surface area contributed by atoms with E-state index in [-0.39, 0.29) is 11.9 Å². The molecule has 5 nitrogen and oxygen atoms in total. The molecular formula is C27H26N4O. The van der Waals surface area contributed by atoms with Gasteiger partial charge in [-0.15, -0.1) is 0 Å². The number of carbonyl (C=O) groups is 1. The molecule has 1 saturated heterocycles. The second-order valence-corrected chi connectivity index (χ2v) is 8.07. The molecule has 0 bridgehead atoms. The third-order valence-corrected chi connectivity index (χ3v) is 6.11. The van der Waals surface area contributed by atoms with Crippen molar-refractivity contribution in [2.75, 3.05) is 26.2 Å². The fourth-order valence-corrected chi connectivity index (χ4v) is 4.44. The molecule has 160 valence electrons. The molecule has 1 amide bonds. The number of hydrogen-bond donors (Lipinski definition) is 0. The van der Waals surface area contributed by atoms with Crippen LogP contribution in [-0.2, 0) is 0 Å². The van der Waals surface area contributed by atoms with Crippen molar-refractivity contribution in [3.8, 4) is 5.69 Å². The molecule has 5 rings (SSSR count). The summed E-state index contributed by atoms with van der Waals surface area (Å²) in [4.78, 5) is 21.6. The van der Waals surface area contributed by atoms with E-state index in [0.29, 0.717) is 0 Å². The largest absolute Gasteiger partial charge is 0.336 e. The van der Waals surface area contributed by atoms with Crippen LogP contribution >= 0.6 is 0 Å². The molecule has 2 heterocycles. The summed E-state index contributed by atoms with van der Waals surface area (Å²) in [5.74, 6) is 0.0952. The van der Waals surface area contributed by atoms with E-state index in [9.17, 15) is 4.79 Å². The van der Waals surface area contributed by atoms with Gasteiger partial charge < -0.3 is 9.47 Å². The molecular weight excluding hydrogens is 396 g/mol. The van der Waals surface area contributed by atoms with Gasteiger partial charge in [-0.2, -0.15) is 0 Å². The van der Waals surface area contributed by atoms with Gasteiger partial charge >= 0.3 is 0 Å². The van der Waals surface area contributed by atoms with Crippen LogP contribution in [0.3, 0.4) is 0 Å². The van der Waals surface area contributed by atoms with E-state index in [0.717, 1.165) is 37.4 Å². The number of benzene rings is 3. The highest BCUT2D eigenvalue weighted by Gasteiger charge is 2.28. The Kier molecular flexibility index (Phi) is 5.81. The van der Waals surface area contributed by atoms with Gasteiger partial charge in [0.25, 0.3) is 5.91 Å². The van der Waals surface area contributed by atoms with Crippen LogP contribution in [0.15, 0.2) is 104 Å². The molecule has 32 heavy (non-hydrogen) atoms. The molecule has 1 fully saturated rings. The summed E-state index contributed by atoms with van der Waals surface area (Å²) in [6.07, 6.45) is 5.40. The van der Waals surface area contributed by atoms with Crippen molar-refractivity contribution in [1.82, 2.24) is 19.4 Å². The average molecular weight is 423 g/mol. The Morgan fingerprint density at radius 3 is 1.88 bits per heavy atom.